The van der Waals surface area contributed by atoms with Gasteiger partial charge >= 0.3 is 0 Å². The van der Waals surface area contributed by atoms with Gasteiger partial charge in [0.25, 0.3) is 0 Å². The number of likely N-dealkylation sites (tertiary alicyclic amines) is 1. The molecule has 1 saturated heterocycles. The highest BCUT2D eigenvalue weighted by Gasteiger charge is 2.19. The molecule has 0 saturated carbocycles. The fourth-order valence-corrected chi connectivity index (χ4v) is 2.72. The Hall–Kier alpha value is -1.46. The number of hydrogen-bond acceptors (Lipinski definition) is 2. The summed E-state index contributed by atoms with van der Waals surface area (Å²) in [6.07, 6.45) is 7.71. The average Bonchev–Trinajstić information content (AvgIpc) is 2.42. The Morgan fingerprint density at radius 1 is 1.32 bits per heavy atom. The quantitative estimate of drug-likeness (QED) is 0.831. The van der Waals surface area contributed by atoms with Gasteiger partial charge in [-0.2, -0.15) is 0 Å². The largest absolute Gasteiger partial charge is 0.382 e. The van der Waals surface area contributed by atoms with Gasteiger partial charge in [-0.05, 0) is 30.4 Å². The Kier molecular flexibility index (Phi) is 4.87. The molecular weight excluding hydrogens is 232 g/mol. The van der Waals surface area contributed by atoms with Gasteiger partial charge in [-0.1, -0.05) is 38.0 Å². The van der Waals surface area contributed by atoms with E-state index in [1.165, 1.54) is 24.1 Å². The molecule has 0 aliphatic carbocycles. The monoisotopic (exact) mass is 256 g/mol. The normalized spacial score (nSPS) is 17.4. The van der Waals surface area contributed by atoms with E-state index in [9.17, 15) is 0 Å². The van der Waals surface area contributed by atoms with Crippen molar-refractivity contribution in [3.63, 3.8) is 0 Å². The van der Waals surface area contributed by atoms with E-state index >= 15 is 0 Å². The van der Waals surface area contributed by atoms with Crippen LogP contribution in [0.5, 0.6) is 0 Å². The summed E-state index contributed by atoms with van der Waals surface area (Å²) in [7, 11) is 0. The molecule has 0 amide bonds. The number of piperidine rings is 1. The Balaban J connectivity index is 1.94. The first kappa shape index (κ1) is 14.0. The smallest absolute Gasteiger partial charge is 0.0598 e. The van der Waals surface area contributed by atoms with Gasteiger partial charge in [0.05, 0.1) is 6.54 Å². The van der Waals surface area contributed by atoms with Gasteiger partial charge in [0.2, 0.25) is 0 Å². The summed E-state index contributed by atoms with van der Waals surface area (Å²) in [5, 5.41) is 3.72. The van der Waals surface area contributed by atoms with Crippen LogP contribution < -0.4 is 5.32 Å². The van der Waals surface area contributed by atoms with Crippen molar-refractivity contribution >= 4 is 5.69 Å². The van der Waals surface area contributed by atoms with Crippen molar-refractivity contribution in [1.82, 2.24) is 4.90 Å². The van der Waals surface area contributed by atoms with Crippen molar-refractivity contribution in [3.8, 4) is 12.3 Å². The highest BCUT2D eigenvalue weighted by Crippen LogP contribution is 2.26. The predicted molar refractivity (Wildman–Crippen MR) is 82.4 cm³/mol. The Labute approximate surface area is 117 Å². The zero-order valence-electron chi connectivity index (χ0n) is 12.0. The molecule has 0 radical (unpaired) electrons. The van der Waals surface area contributed by atoms with E-state index in [2.05, 4.69) is 54.3 Å². The molecule has 102 valence electrons. The Bertz CT molecular complexity index is 437. The van der Waals surface area contributed by atoms with Crippen molar-refractivity contribution in [3.05, 3.63) is 29.8 Å². The zero-order chi connectivity index (χ0) is 13.7. The summed E-state index contributed by atoms with van der Waals surface area (Å²) >= 11 is 0. The standard InChI is InChI=1S/C17H24N2/c1-4-11-19-12-9-15(10-13-19)18-17-8-6-5-7-16(17)14(2)3/h1,5-8,14-15,18H,9-13H2,2-3H3. The molecule has 0 spiro atoms. The van der Waals surface area contributed by atoms with E-state index in [4.69, 9.17) is 6.42 Å². The summed E-state index contributed by atoms with van der Waals surface area (Å²) in [5.74, 6) is 3.29. The molecular formula is C17H24N2. The second kappa shape index (κ2) is 6.63. The first-order chi connectivity index (χ1) is 9.20. The van der Waals surface area contributed by atoms with E-state index < -0.39 is 0 Å². The zero-order valence-corrected chi connectivity index (χ0v) is 12.0. The van der Waals surface area contributed by atoms with Crippen molar-refractivity contribution in [2.24, 2.45) is 0 Å². The van der Waals surface area contributed by atoms with Gasteiger partial charge in [-0.3, -0.25) is 4.90 Å². The SMILES string of the molecule is C#CCN1CCC(Nc2ccccc2C(C)C)CC1. The van der Waals surface area contributed by atoms with E-state index in [0.717, 1.165) is 19.6 Å². The number of hydrogen-bond donors (Lipinski definition) is 1. The van der Waals surface area contributed by atoms with Crippen LogP contribution in [0.25, 0.3) is 0 Å². The molecule has 2 rings (SSSR count). The second-order valence-electron chi connectivity index (χ2n) is 5.64. The maximum atomic E-state index is 5.36. The lowest BCUT2D eigenvalue weighted by molar-refractivity contribution is 0.243. The van der Waals surface area contributed by atoms with E-state index in [0.29, 0.717) is 12.0 Å². The van der Waals surface area contributed by atoms with Crippen LogP contribution in [0.1, 0.15) is 38.2 Å². The fourth-order valence-electron chi connectivity index (χ4n) is 2.72. The lowest BCUT2D eigenvalue weighted by Gasteiger charge is -2.32. The minimum Gasteiger partial charge on any atom is -0.382 e. The summed E-state index contributed by atoms with van der Waals surface area (Å²) in [4.78, 5) is 2.35. The van der Waals surface area contributed by atoms with Crippen molar-refractivity contribution in [1.29, 1.82) is 0 Å². The molecule has 2 heteroatoms. The van der Waals surface area contributed by atoms with Crippen molar-refractivity contribution in [2.75, 3.05) is 25.0 Å². The molecule has 1 aliphatic rings. The lowest BCUT2D eigenvalue weighted by Crippen LogP contribution is -2.39. The van der Waals surface area contributed by atoms with Crippen LogP contribution in [0.4, 0.5) is 5.69 Å². The van der Waals surface area contributed by atoms with Crippen LogP contribution in [0, 0.1) is 12.3 Å². The lowest BCUT2D eigenvalue weighted by atomic mass is 9.99. The number of nitrogens with zero attached hydrogens (tertiary/aromatic N) is 1. The molecule has 1 heterocycles. The van der Waals surface area contributed by atoms with Crippen LogP contribution >= 0.6 is 0 Å². The van der Waals surface area contributed by atoms with Crippen LogP contribution in [-0.2, 0) is 0 Å². The molecule has 2 nitrogen and oxygen atoms in total. The van der Waals surface area contributed by atoms with E-state index in [1.54, 1.807) is 0 Å². The molecule has 0 aromatic heterocycles. The van der Waals surface area contributed by atoms with Gasteiger partial charge in [-0.25, -0.2) is 0 Å². The first-order valence-electron chi connectivity index (χ1n) is 7.22. The topological polar surface area (TPSA) is 15.3 Å². The number of para-hydroxylation sites is 1. The van der Waals surface area contributed by atoms with Gasteiger partial charge < -0.3 is 5.32 Å². The molecule has 1 aliphatic heterocycles. The van der Waals surface area contributed by atoms with E-state index in [1.807, 2.05) is 0 Å². The molecule has 1 aromatic carbocycles. The predicted octanol–water partition coefficient (Wildman–Crippen LogP) is 3.32. The molecule has 0 atom stereocenters. The van der Waals surface area contributed by atoms with Gasteiger partial charge in [-0.15, -0.1) is 6.42 Å². The average molecular weight is 256 g/mol. The van der Waals surface area contributed by atoms with Crippen molar-refractivity contribution in [2.45, 2.75) is 38.6 Å². The minimum atomic E-state index is 0.560. The summed E-state index contributed by atoms with van der Waals surface area (Å²) in [6.45, 7) is 7.48. The number of rotatable bonds is 4. The van der Waals surface area contributed by atoms with Crippen molar-refractivity contribution < 1.29 is 0 Å². The maximum Gasteiger partial charge on any atom is 0.0598 e. The Morgan fingerprint density at radius 3 is 2.63 bits per heavy atom. The van der Waals surface area contributed by atoms with Crippen LogP contribution in [-0.4, -0.2) is 30.6 Å². The minimum absolute atomic E-state index is 0.560. The van der Waals surface area contributed by atoms with Gasteiger partial charge in [0, 0.05) is 24.8 Å². The van der Waals surface area contributed by atoms with Crippen LogP contribution in [0.2, 0.25) is 0 Å². The molecule has 19 heavy (non-hydrogen) atoms. The van der Waals surface area contributed by atoms with Crippen LogP contribution in [0.15, 0.2) is 24.3 Å². The molecule has 0 unspecified atom stereocenters. The summed E-state index contributed by atoms with van der Waals surface area (Å²) in [5.41, 5.74) is 2.71. The highest BCUT2D eigenvalue weighted by atomic mass is 15.1. The number of nitrogens with one attached hydrogen (secondary N) is 1. The summed E-state index contributed by atoms with van der Waals surface area (Å²) < 4.78 is 0. The molecule has 0 bridgehead atoms. The third-order valence-corrected chi connectivity index (χ3v) is 3.84. The Morgan fingerprint density at radius 2 is 2.00 bits per heavy atom. The van der Waals surface area contributed by atoms with Crippen LogP contribution in [0.3, 0.4) is 0 Å². The van der Waals surface area contributed by atoms with Gasteiger partial charge in [0.15, 0.2) is 0 Å². The van der Waals surface area contributed by atoms with Gasteiger partial charge in [0.1, 0.15) is 0 Å². The van der Waals surface area contributed by atoms with E-state index in [-0.39, 0.29) is 0 Å². The number of anilines is 1. The fraction of sp³-hybridized carbons (Fsp3) is 0.529. The highest BCUT2D eigenvalue weighted by molar-refractivity contribution is 5.53. The number of benzene rings is 1. The first-order valence-corrected chi connectivity index (χ1v) is 7.22. The summed E-state index contributed by atoms with van der Waals surface area (Å²) in [6, 6.07) is 9.23. The number of terminal acetylenes is 1. The molecule has 1 fully saturated rings. The molecule has 1 aromatic rings. The third-order valence-electron chi connectivity index (χ3n) is 3.84. The third kappa shape index (κ3) is 3.75. The maximum absolute atomic E-state index is 5.36. The molecule has 1 N–H and O–H groups in total. The second-order valence-corrected chi connectivity index (χ2v) is 5.64.